The molecule has 0 aliphatic carbocycles. The van der Waals surface area contributed by atoms with E-state index in [1.807, 2.05) is 194 Å². The summed E-state index contributed by atoms with van der Waals surface area (Å²) >= 11 is 0. The van der Waals surface area contributed by atoms with Gasteiger partial charge in [0.2, 0.25) is 13.4 Å². The second-order valence-electron chi connectivity index (χ2n) is 31.2. The largest absolute Gasteiger partial charge is 0.457 e. The fourth-order valence-corrected chi connectivity index (χ4v) is 19.1. The summed E-state index contributed by atoms with van der Waals surface area (Å²) in [6, 6.07) is 128. The van der Waals surface area contributed by atoms with Crippen molar-refractivity contribution in [3.8, 4) is 66.8 Å². The molecular formula is C108H70B2N2O8. The first kappa shape index (κ1) is 71.2. The Hall–Kier alpha value is -15.4. The Morgan fingerprint density at radius 1 is 0.225 bits per heavy atom. The summed E-state index contributed by atoms with van der Waals surface area (Å²) in [7, 11) is 0. The maximum absolute atomic E-state index is 15.7. The van der Waals surface area contributed by atoms with Crippen LogP contribution in [0, 0.1) is 0 Å². The number of carbonyl (C=O) groups is 4. The normalized spacial score (nSPS) is 12.4. The first-order valence-corrected chi connectivity index (χ1v) is 40.6. The molecule has 566 valence electrons. The predicted octanol–water partition coefficient (Wildman–Crippen LogP) is 21.2. The zero-order chi connectivity index (χ0) is 80.1. The van der Waals surface area contributed by atoms with Crippen LogP contribution in [0.1, 0.15) is 63.7 Å². The molecule has 0 atom stereocenters. The number of benzene rings is 18. The molecule has 0 saturated heterocycles. The summed E-state index contributed by atoms with van der Waals surface area (Å²) in [5.41, 5.74) is 26.9. The van der Waals surface area contributed by atoms with Crippen LogP contribution in [0.25, 0.3) is 99.1 Å². The summed E-state index contributed by atoms with van der Waals surface area (Å²) in [6.07, 6.45) is 0. The number of para-hydroxylation sites is 2. The van der Waals surface area contributed by atoms with Gasteiger partial charge in [0.25, 0.3) is 0 Å². The van der Waals surface area contributed by atoms with Crippen LogP contribution < -0.4 is 42.6 Å². The van der Waals surface area contributed by atoms with Crippen LogP contribution in [0.2, 0.25) is 0 Å². The molecule has 12 heteroatoms. The fourth-order valence-electron chi connectivity index (χ4n) is 19.1. The van der Waals surface area contributed by atoms with Gasteiger partial charge in [0.1, 0.15) is 26.4 Å². The maximum Gasteiger partial charge on any atom is 0.338 e. The van der Waals surface area contributed by atoms with Crippen molar-refractivity contribution >= 4 is 137 Å². The van der Waals surface area contributed by atoms with Crippen molar-refractivity contribution in [3.63, 3.8) is 0 Å². The second kappa shape index (κ2) is 29.4. The summed E-state index contributed by atoms with van der Waals surface area (Å²) in [5.74, 6) is -1.96. The minimum absolute atomic E-state index is 0.0390. The first-order chi connectivity index (χ1) is 59.2. The lowest BCUT2D eigenvalue weighted by Gasteiger charge is -2.42. The summed E-state index contributed by atoms with van der Waals surface area (Å²) in [4.78, 5) is 65.6. The van der Waals surface area contributed by atoms with Crippen molar-refractivity contribution in [2.75, 3.05) is 9.80 Å². The molecule has 4 heterocycles. The SMILES string of the molecule is O=C(OCc1ccccc1)c1ccc2c(c1)N(c1ccccc1)c1cc(C(=O)OCc3ccccc3)cc3c1B2c1cc2c(-c4ccccc4-c4ccccc4)cc4c5c(cc6c(-c7ccccc7-c7ccccc7)cc-3c1c6c25)B1c2ccc(C(=O)OCc3ccccc3)cc2N(c2ccccc2)c2cc(C(=O)OCc3ccccc3)cc-4c21. The Balaban J connectivity index is 0.890. The highest BCUT2D eigenvalue weighted by molar-refractivity contribution is 7.02. The molecule has 18 aromatic rings. The van der Waals surface area contributed by atoms with E-state index in [9.17, 15) is 9.59 Å². The van der Waals surface area contributed by atoms with E-state index in [0.29, 0.717) is 22.3 Å². The van der Waals surface area contributed by atoms with Gasteiger partial charge in [0.15, 0.2) is 0 Å². The molecule has 4 aliphatic heterocycles. The second-order valence-corrected chi connectivity index (χ2v) is 31.2. The fraction of sp³-hybridized carbons (Fsp3) is 0.0370. The molecule has 0 amide bonds. The molecule has 0 bridgehead atoms. The average molecular weight is 1550 g/mol. The molecule has 0 radical (unpaired) electrons. The van der Waals surface area contributed by atoms with Gasteiger partial charge in [-0.15, -0.1) is 0 Å². The number of fused-ring (bicyclic) bond motifs is 8. The lowest BCUT2D eigenvalue weighted by atomic mass is 9.31. The van der Waals surface area contributed by atoms with E-state index in [2.05, 4.69) is 192 Å². The minimum atomic E-state index is -0.532. The predicted molar refractivity (Wildman–Crippen MR) is 484 cm³/mol. The van der Waals surface area contributed by atoms with E-state index < -0.39 is 37.3 Å². The zero-order valence-electron chi connectivity index (χ0n) is 64.9. The average Bonchev–Trinajstić information content (AvgIpc) is 0.685. The molecule has 10 nitrogen and oxygen atoms in total. The van der Waals surface area contributed by atoms with Crippen molar-refractivity contribution < 1.29 is 38.1 Å². The summed E-state index contributed by atoms with van der Waals surface area (Å²) in [5, 5.41) is 5.99. The Labute approximate surface area is 693 Å². The van der Waals surface area contributed by atoms with E-state index in [1.165, 1.54) is 0 Å². The van der Waals surface area contributed by atoms with Crippen molar-refractivity contribution in [2.45, 2.75) is 26.4 Å². The third-order valence-corrected chi connectivity index (χ3v) is 24.3. The van der Waals surface area contributed by atoms with Crippen LogP contribution in [0.5, 0.6) is 0 Å². The van der Waals surface area contributed by atoms with Crippen molar-refractivity contribution in [2.24, 2.45) is 0 Å². The van der Waals surface area contributed by atoms with Gasteiger partial charge in [-0.1, -0.05) is 302 Å². The van der Waals surface area contributed by atoms with Crippen LogP contribution >= 0.6 is 0 Å². The minimum Gasteiger partial charge on any atom is -0.457 e. The molecule has 0 spiro atoms. The molecule has 0 saturated carbocycles. The number of esters is 4. The molecule has 0 aromatic heterocycles. The van der Waals surface area contributed by atoms with Gasteiger partial charge in [-0.05, 0) is 228 Å². The van der Waals surface area contributed by atoms with Crippen LogP contribution in [0.15, 0.2) is 376 Å². The number of hydrogen-bond donors (Lipinski definition) is 0. The lowest BCUT2D eigenvalue weighted by Crippen LogP contribution is -2.60. The van der Waals surface area contributed by atoms with Crippen molar-refractivity contribution in [3.05, 3.63) is 421 Å². The van der Waals surface area contributed by atoms with Gasteiger partial charge in [-0.2, -0.15) is 0 Å². The van der Waals surface area contributed by atoms with E-state index in [1.54, 1.807) is 0 Å². The monoisotopic (exact) mass is 1540 g/mol. The third kappa shape index (κ3) is 12.0. The highest BCUT2D eigenvalue weighted by Gasteiger charge is 2.47. The van der Waals surface area contributed by atoms with Gasteiger partial charge in [0.05, 0.1) is 22.3 Å². The van der Waals surface area contributed by atoms with Gasteiger partial charge in [-0.3, -0.25) is 0 Å². The Morgan fingerprint density at radius 2 is 0.517 bits per heavy atom. The van der Waals surface area contributed by atoms with Crippen molar-refractivity contribution in [1.82, 2.24) is 0 Å². The van der Waals surface area contributed by atoms with Crippen LogP contribution in [0.3, 0.4) is 0 Å². The maximum atomic E-state index is 15.7. The standard InChI is InChI=1S/C108H70B2N2O8/c113-105(117-63-67-29-9-1-10-30-67)73-49-51-91-95(55-73)111(77-41-21-7-22-42-77)97-57-75(107(115)119-65-69-33-13-3-14-34-69)53-89-85-59-84(82-48-28-26-46-80(82)72-39-19-6-20-40-72)88-62-94-100-86(60-83(81-47-27-25-45-79(81)71-37-17-5-18-38-71)87-61-93(109(91)103(89)97)99(85)101(88)102(87)100)90-54-76(108(116)120-66-70-35-15-4-16-36-70)58-98-104(90)110(94)92-52-50-74(106(114)118-64-68-31-11-2-12-32-68)56-96(92)112(98)78-43-23-8-24-44-78/h1-62H,63-66H2. The topological polar surface area (TPSA) is 112 Å². The summed E-state index contributed by atoms with van der Waals surface area (Å²) < 4.78 is 25.3. The Bertz CT molecular complexity index is 6750. The highest BCUT2D eigenvalue weighted by Crippen LogP contribution is 2.54. The smallest absolute Gasteiger partial charge is 0.338 e. The quantitative estimate of drug-likeness (QED) is 0.0356. The first-order valence-electron chi connectivity index (χ1n) is 40.6. The number of rotatable bonds is 18. The number of anilines is 6. The van der Waals surface area contributed by atoms with Crippen LogP contribution in [-0.4, -0.2) is 37.3 Å². The number of hydrogen-bond acceptors (Lipinski definition) is 10. The number of nitrogens with zero attached hydrogens (tertiary/aromatic N) is 2. The molecular weight excluding hydrogens is 1470 g/mol. The Morgan fingerprint density at radius 3 is 0.858 bits per heavy atom. The van der Waals surface area contributed by atoms with Crippen LogP contribution in [-0.2, 0) is 45.4 Å². The van der Waals surface area contributed by atoms with Gasteiger partial charge < -0.3 is 28.7 Å². The molecule has 0 fully saturated rings. The molecule has 22 rings (SSSR count). The van der Waals surface area contributed by atoms with E-state index in [-0.39, 0.29) is 26.4 Å². The number of ether oxygens (including phenoxy) is 4. The van der Waals surface area contributed by atoms with Crippen molar-refractivity contribution in [1.29, 1.82) is 0 Å². The van der Waals surface area contributed by atoms with E-state index in [4.69, 9.17) is 18.9 Å². The molecule has 120 heavy (non-hydrogen) atoms. The molecule has 0 N–H and O–H groups in total. The zero-order valence-corrected chi connectivity index (χ0v) is 64.9. The van der Waals surface area contributed by atoms with Gasteiger partial charge >= 0.3 is 23.9 Å². The highest BCUT2D eigenvalue weighted by atomic mass is 16.5. The molecule has 0 unspecified atom stereocenters. The molecule has 18 aromatic carbocycles. The lowest BCUT2D eigenvalue weighted by molar-refractivity contribution is 0.0464. The Kier molecular flexibility index (Phi) is 17.4. The van der Waals surface area contributed by atoms with E-state index >= 15 is 9.59 Å². The van der Waals surface area contributed by atoms with E-state index in [0.717, 1.165) is 188 Å². The summed E-state index contributed by atoms with van der Waals surface area (Å²) in [6.45, 7) is -0.837. The van der Waals surface area contributed by atoms with Gasteiger partial charge in [-0.25, -0.2) is 19.2 Å². The molecule has 4 aliphatic rings. The third-order valence-electron chi connectivity index (χ3n) is 24.3. The van der Waals surface area contributed by atoms with Gasteiger partial charge in [0, 0.05) is 34.1 Å². The number of carbonyl (C=O) groups excluding carboxylic acids is 4. The van der Waals surface area contributed by atoms with Crippen LogP contribution in [0.4, 0.5) is 34.1 Å².